The summed E-state index contributed by atoms with van der Waals surface area (Å²) in [5.74, 6) is 2.38. The van der Waals surface area contributed by atoms with E-state index in [0.29, 0.717) is 13.2 Å². The van der Waals surface area contributed by atoms with Crippen molar-refractivity contribution in [1.29, 1.82) is 0 Å². The third-order valence-corrected chi connectivity index (χ3v) is 22.4. The van der Waals surface area contributed by atoms with Crippen molar-refractivity contribution in [3.8, 4) is 56.6 Å². The molecule has 0 spiro atoms. The third kappa shape index (κ3) is 17.6. The summed E-state index contributed by atoms with van der Waals surface area (Å²) in [4.78, 5) is 0. The molecule has 7 heteroatoms. The SMILES string of the molecule is CC(C)(C)CC(C)(C)c1cc(-c2cc(C(C)(C)C)ccc2OC[C@H]2CCCC[C@H]2COc2ccc(C(C)(C)C)cc2-c2cc(C(C)(C)CC(C)(C)C)cc(-n3c4cc(C(C)(C)C)ccc4c4ccc(C(C)(C)C)cc43)c2O)c(O)c(-n2c3cc(C(C)(C)C)ccc3c3ccc(C(C)(C)C)cc32)c1.[CH3-].[CH3-].[Hf]. The van der Waals surface area contributed by atoms with Crippen LogP contribution >= 0.6 is 0 Å². The van der Waals surface area contributed by atoms with E-state index in [1.54, 1.807) is 0 Å². The van der Waals surface area contributed by atoms with Crippen LogP contribution < -0.4 is 9.47 Å². The summed E-state index contributed by atoms with van der Waals surface area (Å²) >= 11 is 0. The zero-order chi connectivity index (χ0) is 74.9. The molecule has 11 rings (SSSR count). The average molecular weight is 1580 g/mol. The summed E-state index contributed by atoms with van der Waals surface area (Å²) < 4.78 is 19.6. The van der Waals surface area contributed by atoms with Gasteiger partial charge in [0.05, 0.1) is 46.7 Å². The van der Waals surface area contributed by atoms with Crippen molar-refractivity contribution in [2.24, 2.45) is 22.7 Å². The Kier molecular flexibility index (Phi) is 23.6. The number of fused-ring (bicyclic) bond motifs is 6. The van der Waals surface area contributed by atoms with Crippen molar-refractivity contribution in [3.63, 3.8) is 0 Å². The van der Waals surface area contributed by atoms with Gasteiger partial charge in [-0.25, -0.2) is 0 Å². The van der Waals surface area contributed by atoms with Gasteiger partial charge in [-0.3, -0.25) is 0 Å². The minimum Gasteiger partial charge on any atom is -0.505 e. The van der Waals surface area contributed by atoms with Gasteiger partial charge < -0.3 is 43.7 Å². The Morgan fingerprint density at radius 1 is 0.314 bits per heavy atom. The van der Waals surface area contributed by atoms with E-state index < -0.39 is 0 Å². The Morgan fingerprint density at radius 2 is 0.552 bits per heavy atom. The second-order valence-electron chi connectivity index (χ2n) is 41.0. The molecule has 6 nitrogen and oxygen atoms in total. The number of ether oxygens (including phenoxy) is 2. The third-order valence-electron chi connectivity index (χ3n) is 22.4. The fourth-order valence-electron chi connectivity index (χ4n) is 16.8. The molecule has 0 amide bonds. The summed E-state index contributed by atoms with van der Waals surface area (Å²) in [6.45, 7) is 65.5. The van der Waals surface area contributed by atoms with Gasteiger partial charge in [-0.15, -0.1) is 0 Å². The number of rotatable bonds is 14. The first-order valence-electron chi connectivity index (χ1n) is 38.4. The number of nitrogens with zero attached hydrogens (tertiary/aromatic N) is 2. The summed E-state index contributed by atoms with van der Waals surface area (Å²) in [6.07, 6.45) is 6.10. The predicted octanol–water partition coefficient (Wildman–Crippen LogP) is 28.0. The number of benzene rings is 8. The topological polar surface area (TPSA) is 68.8 Å². The van der Waals surface area contributed by atoms with Crippen LogP contribution in [0.2, 0.25) is 0 Å². The molecule has 105 heavy (non-hydrogen) atoms. The van der Waals surface area contributed by atoms with Crippen LogP contribution in [-0.4, -0.2) is 32.6 Å². The van der Waals surface area contributed by atoms with Crippen LogP contribution in [0, 0.1) is 37.5 Å². The van der Waals surface area contributed by atoms with Crippen LogP contribution in [-0.2, 0) is 69.2 Å². The minimum absolute atomic E-state index is 0. The molecule has 1 aliphatic rings. The fourth-order valence-corrected chi connectivity index (χ4v) is 16.8. The van der Waals surface area contributed by atoms with E-state index in [1.807, 2.05) is 0 Å². The Balaban J connectivity index is 0.00000465. The van der Waals surface area contributed by atoms with E-state index in [0.717, 1.165) is 106 Å². The van der Waals surface area contributed by atoms with Crippen LogP contribution in [0.25, 0.3) is 77.2 Å². The molecule has 2 atom stereocenters. The average Bonchev–Trinajstić information content (AvgIpc) is 1.60. The van der Waals surface area contributed by atoms with Crippen molar-refractivity contribution in [1.82, 2.24) is 9.13 Å². The Morgan fingerprint density at radius 3 is 0.800 bits per heavy atom. The van der Waals surface area contributed by atoms with Crippen LogP contribution in [0.3, 0.4) is 0 Å². The van der Waals surface area contributed by atoms with E-state index in [2.05, 4.69) is 336 Å². The van der Waals surface area contributed by atoms with Gasteiger partial charge in [0.2, 0.25) is 0 Å². The molecule has 8 aromatic carbocycles. The molecule has 2 aromatic heterocycles. The van der Waals surface area contributed by atoms with Gasteiger partial charge in [-0.2, -0.15) is 0 Å². The van der Waals surface area contributed by atoms with Gasteiger partial charge in [0.25, 0.3) is 0 Å². The molecule has 0 bridgehead atoms. The number of phenolic OH excluding ortho intramolecular Hbond substituents is 2. The van der Waals surface area contributed by atoms with E-state index >= 15 is 0 Å². The molecule has 1 aliphatic carbocycles. The standard InChI is InChI=1S/C96H126N2O4.2CH3.Hf/c1-87(2,3)57-95(25,26)67-47-75(85(99)81(53-67)97-77-49-63(91(13,14)15)33-39-69(77)70-40-34-64(50-78(70)97)92(16,17)18)73-45-61(89(7,8)9)37-43-83(73)101-55-59-31-29-30-32-60(59)56-102-84-44-38-62(90(10,11)12)46-74(84)76-48-68(96(27,28)58-88(4,5)6)54-82(86(76)100)98-79-51-65(93(19,20)21)35-41-71(79)72-42-36-66(52-80(72)98)94(22,23)24;;;/h33-54,59-60,99-100H,29-32,55-58H2,1-28H3;2*1H3;/q;2*-1;/t59-,60+;;;. The first-order chi connectivity index (χ1) is 46.9. The zero-order valence-electron chi connectivity index (χ0n) is 70.6. The number of hydrogen-bond donors (Lipinski definition) is 2. The molecule has 0 unspecified atom stereocenters. The first kappa shape index (κ1) is 84.1. The van der Waals surface area contributed by atoms with Gasteiger partial charge in [0.15, 0.2) is 0 Å². The molecule has 2 heterocycles. The zero-order valence-corrected chi connectivity index (χ0v) is 74.2. The molecular weight excluding hydrogens is 1450 g/mol. The largest absolute Gasteiger partial charge is 0.505 e. The van der Waals surface area contributed by atoms with E-state index in [-0.39, 0.29) is 118 Å². The van der Waals surface area contributed by atoms with E-state index in [1.165, 1.54) is 66.1 Å². The summed E-state index contributed by atoms with van der Waals surface area (Å²) in [7, 11) is 0. The second-order valence-corrected chi connectivity index (χ2v) is 41.0. The molecule has 0 radical (unpaired) electrons. The van der Waals surface area contributed by atoms with E-state index in [4.69, 9.17) is 9.47 Å². The smallest absolute Gasteiger partial charge is 0.147 e. The second kappa shape index (κ2) is 29.4. The van der Waals surface area contributed by atoms with Crippen LogP contribution in [0.15, 0.2) is 133 Å². The Labute approximate surface area is 654 Å². The van der Waals surface area contributed by atoms with Gasteiger partial charge in [-0.05, 0) is 209 Å². The van der Waals surface area contributed by atoms with E-state index in [9.17, 15) is 10.2 Å². The number of aromatic hydroxyl groups is 2. The summed E-state index contributed by atoms with van der Waals surface area (Å²) in [6, 6.07) is 50.4. The molecular formula is C98H132HfN2O4-2. The number of phenols is 2. The fraction of sp³-hybridized carbons (Fsp3) is 0.490. The quantitative estimate of drug-likeness (QED) is 0.0841. The van der Waals surface area contributed by atoms with Crippen LogP contribution in [0.5, 0.6) is 23.0 Å². The predicted molar refractivity (Wildman–Crippen MR) is 451 cm³/mol. The normalized spacial score (nSPS) is 15.5. The number of hydrogen-bond acceptors (Lipinski definition) is 4. The van der Waals surface area contributed by atoms with Gasteiger partial charge in [0, 0.05) is 69.6 Å². The molecule has 0 saturated heterocycles. The Hall–Kier alpha value is -6.57. The Bertz CT molecular complexity index is 4360. The van der Waals surface area contributed by atoms with Crippen molar-refractivity contribution >= 4 is 43.6 Å². The first-order valence-corrected chi connectivity index (χ1v) is 38.4. The minimum atomic E-state index is -0.280. The van der Waals surface area contributed by atoms with Crippen LogP contribution in [0.1, 0.15) is 277 Å². The maximum atomic E-state index is 13.7. The molecule has 564 valence electrons. The molecule has 2 N–H and O–H groups in total. The molecule has 10 aromatic rings. The summed E-state index contributed by atoms with van der Waals surface area (Å²) in [5.41, 5.74) is 17.6. The molecule has 0 aliphatic heterocycles. The monoisotopic (exact) mass is 1580 g/mol. The van der Waals surface area contributed by atoms with Gasteiger partial charge >= 0.3 is 0 Å². The summed E-state index contributed by atoms with van der Waals surface area (Å²) in [5, 5.41) is 32.0. The maximum absolute atomic E-state index is 13.7. The van der Waals surface area contributed by atoms with Gasteiger partial charge in [0.1, 0.15) is 23.0 Å². The van der Waals surface area contributed by atoms with Crippen molar-refractivity contribution in [3.05, 3.63) is 193 Å². The van der Waals surface area contributed by atoms with Crippen molar-refractivity contribution in [2.45, 2.75) is 276 Å². The molecule has 1 saturated carbocycles. The van der Waals surface area contributed by atoms with Crippen LogP contribution in [0.4, 0.5) is 0 Å². The maximum Gasteiger partial charge on any atom is 0.147 e. The molecule has 1 fully saturated rings. The van der Waals surface area contributed by atoms with Crippen molar-refractivity contribution < 1.29 is 45.5 Å². The van der Waals surface area contributed by atoms with Crippen molar-refractivity contribution in [2.75, 3.05) is 13.2 Å². The number of aromatic nitrogens is 2. The van der Waals surface area contributed by atoms with Gasteiger partial charge in [-0.1, -0.05) is 267 Å².